The van der Waals surface area contributed by atoms with Crippen LogP contribution in [0.1, 0.15) is 67.1 Å². The van der Waals surface area contributed by atoms with Crippen molar-refractivity contribution in [2.75, 3.05) is 0 Å². The van der Waals surface area contributed by atoms with Crippen molar-refractivity contribution in [3.05, 3.63) is 71.7 Å². The van der Waals surface area contributed by atoms with Gasteiger partial charge in [-0.1, -0.05) is 38.2 Å². The zero-order valence-corrected chi connectivity index (χ0v) is 18.6. The van der Waals surface area contributed by atoms with E-state index in [0.717, 1.165) is 33.9 Å². The summed E-state index contributed by atoms with van der Waals surface area (Å²) in [5, 5.41) is 2.14. The van der Waals surface area contributed by atoms with Gasteiger partial charge in [-0.25, -0.2) is 0 Å². The van der Waals surface area contributed by atoms with Gasteiger partial charge < -0.3 is 8.98 Å². The van der Waals surface area contributed by atoms with E-state index in [0.29, 0.717) is 35.9 Å². The van der Waals surface area contributed by atoms with Crippen molar-refractivity contribution >= 4 is 33.4 Å². The number of carbonyl (C=O) groups is 2. The molecule has 2 heterocycles. The maximum absolute atomic E-state index is 12.8. The van der Waals surface area contributed by atoms with Crippen molar-refractivity contribution in [2.24, 2.45) is 5.92 Å². The first-order valence-corrected chi connectivity index (χ1v) is 11.8. The first-order chi connectivity index (χ1) is 15.6. The third-order valence-electron chi connectivity index (χ3n) is 6.90. The minimum absolute atomic E-state index is 0.117. The van der Waals surface area contributed by atoms with Crippen LogP contribution in [0.3, 0.4) is 0 Å². The molecule has 2 aromatic carbocycles. The van der Waals surface area contributed by atoms with Gasteiger partial charge >= 0.3 is 0 Å². The third kappa shape index (κ3) is 3.90. The van der Waals surface area contributed by atoms with Gasteiger partial charge in [0.05, 0.1) is 6.26 Å². The minimum Gasteiger partial charge on any atom is -0.461 e. The van der Waals surface area contributed by atoms with Gasteiger partial charge in [0.1, 0.15) is 5.78 Å². The lowest BCUT2D eigenvalue weighted by atomic mass is 9.85. The Kier molecular flexibility index (Phi) is 5.69. The highest BCUT2D eigenvalue weighted by molar-refractivity contribution is 6.14. The molecule has 0 radical (unpaired) electrons. The van der Waals surface area contributed by atoms with Crippen molar-refractivity contribution < 1.29 is 14.0 Å². The van der Waals surface area contributed by atoms with E-state index < -0.39 is 0 Å². The van der Waals surface area contributed by atoms with E-state index in [1.807, 2.05) is 18.2 Å². The first kappa shape index (κ1) is 20.7. The number of rotatable bonds is 7. The summed E-state index contributed by atoms with van der Waals surface area (Å²) in [6.07, 6.45) is 8.94. The number of aromatic nitrogens is 1. The van der Waals surface area contributed by atoms with Gasteiger partial charge in [-0.3, -0.25) is 9.59 Å². The smallest absolute Gasteiger partial charge is 0.228 e. The minimum atomic E-state index is -0.117. The molecule has 4 aromatic rings. The van der Waals surface area contributed by atoms with Crippen LogP contribution >= 0.6 is 0 Å². The van der Waals surface area contributed by atoms with Crippen LogP contribution in [0.4, 0.5) is 0 Å². The number of Topliss-reactive ketones (excluding diaryl/α,β-unsaturated/α-hetero) is 1. The highest BCUT2D eigenvalue weighted by Gasteiger charge is 2.19. The quantitative estimate of drug-likeness (QED) is 0.308. The summed E-state index contributed by atoms with van der Waals surface area (Å²) in [4.78, 5) is 25.6. The second-order valence-corrected chi connectivity index (χ2v) is 9.06. The third-order valence-corrected chi connectivity index (χ3v) is 6.90. The Hall–Kier alpha value is -3.14. The summed E-state index contributed by atoms with van der Waals surface area (Å²) in [6.45, 7) is 2.97. The Bertz CT molecular complexity index is 1270. The summed E-state index contributed by atoms with van der Waals surface area (Å²) >= 11 is 0. The van der Waals surface area contributed by atoms with Crippen LogP contribution in [0.25, 0.3) is 21.8 Å². The number of nitrogens with zero attached hydrogens (tertiary/aromatic N) is 1. The Balaban J connectivity index is 1.49. The van der Waals surface area contributed by atoms with E-state index >= 15 is 0 Å². The molecule has 4 nitrogen and oxygen atoms in total. The number of hydrogen-bond donors (Lipinski definition) is 0. The van der Waals surface area contributed by atoms with Crippen LogP contribution in [0, 0.1) is 5.92 Å². The number of hydrogen-bond acceptors (Lipinski definition) is 3. The molecular formula is C28H29NO3. The Morgan fingerprint density at radius 3 is 2.44 bits per heavy atom. The maximum Gasteiger partial charge on any atom is 0.228 e. The fourth-order valence-corrected chi connectivity index (χ4v) is 5.31. The standard InChI is InChI=1S/C28H29NO3/c1-2-29-25-12-10-20(16-22(30)15-19-7-4-3-5-8-19)17-23(25)24-18-21(11-13-26(24)29)28(31)27-9-6-14-32-27/h6,9-14,17-19H,2-5,7-8,15-16H2,1H3. The van der Waals surface area contributed by atoms with Crippen LogP contribution in [0.15, 0.2) is 59.2 Å². The van der Waals surface area contributed by atoms with E-state index in [2.05, 4.69) is 29.7 Å². The molecule has 0 atom stereocenters. The van der Waals surface area contributed by atoms with E-state index in [4.69, 9.17) is 4.42 Å². The predicted molar refractivity (Wildman–Crippen MR) is 127 cm³/mol. The molecule has 0 unspecified atom stereocenters. The van der Waals surface area contributed by atoms with Gasteiger partial charge in [0.25, 0.3) is 0 Å². The highest BCUT2D eigenvalue weighted by atomic mass is 16.3. The number of furan rings is 1. The maximum atomic E-state index is 12.8. The van der Waals surface area contributed by atoms with Gasteiger partial charge in [-0.05, 0) is 60.9 Å². The van der Waals surface area contributed by atoms with Crippen molar-refractivity contribution in [1.82, 2.24) is 4.57 Å². The molecule has 5 rings (SSSR count). The van der Waals surface area contributed by atoms with Crippen LogP contribution in [0.2, 0.25) is 0 Å². The molecule has 1 fully saturated rings. The molecule has 0 aliphatic heterocycles. The van der Waals surface area contributed by atoms with Crippen molar-refractivity contribution in [1.29, 1.82) is 0 Å². The van der Waals surface area contributed by atoms with Crippen molar-refractivity contribution in [3.8, 4) is 0 Å². The molecule has 164 valence electrons. The molecule has 0 saturated heterocycles. The van der Waals surface area contributed by atoms with Gasteiger partial charge in [-0.2, -0.15) is 0 Å². The van der Waals surface area contributed by atoms with Crippen LogP contribution in [-0.4, -0.2) is 16.1 Å². The first-order valence-electron chi connectivity index (χ1n) is 11.8. The van der Waals surface area contributed by atoms with E-state index in [1.165, 1.54) is 38.4 Å². The predicted octanol–water partition coefficient (Wildman–Crippen LogP) is 6.72. The van der Waals surface area contributed by atoms with Gasteiger partial charge in [0, 0.05) is 46.8 Å². The molecule has 0 amide bonds. The fourth-order valence-electron chi connectivity index (χ4n) is 5.31. The molecule has 1 saturated carbocycles. The molecule has 1 aliphatic rings. The zero-order valence-electron chi connectivity index (χ0n) is 18.6. The van der Waals surface area contributed by atoms with Crippen LogP contribution in [-0.2, 0) is 17.8 Å². The normalized spacial score (nSPS) is 14.9. The molecule has 2 aromatic heterocycles. The van der Waals surface area contributed by atoms with Gasteiger partial charge in [0.15, 0.2) is 5.76 Å². The average molecular weight is 428 g/mol. The zero-order chi connectivity index (χ0) is 22.1. The lowest BCUT2D eigenvalue weighted by Gasteiger charge is -2.20. The van der Waals surface area contributed by atoms with Gasteiger partial charge in [0.2, 0.25) is 5.78 Å². The fraction of sp³-hybridized carbons (Fsp3) is 0.357. The van der Waals surface area contributed by atoms with Crippen LogP contribution in [0.5, 0.6) is 0 Å². The SMILES string of the molecule is CCn1c2ccc(CC(=O)CC3CCCCC3)cc2c2cc(C(=O)c3ccco3)ccc21. The second-order valence-electron chi connectivity index (χ2n) is 9.06. The number of fused-ring (bicyclic) bond motifs is 3. The van der Waals surface area contributed by atoms with E-state index in [1.54, 1.807) is 12.1 Å². The largest absolute Gasteiger partial charge is 0.461 e. The summed E-state index contributed by atoms with van der Waals surface area (Å²) in [5.74, 6) is 1.13. The average Bonchev–Trinajstić information content (AvgIpc) is 3.45. The molecular weight excluding hydrogens is 398 g/mol. The van der Waals surface area contributed by atoms with E-state index in [-0.39, 0.29) is 5.78 Å². The highest BCUT2D eigenvalue weighted by Crippen LogP contribution is 2.32. The molecule has 0 N–H and O–H groups in total. The number of benzene rings is 2. The van der Waals surface area contributed by atoms with Crippen molar-refractivity contribution in [3.63, 3.8) is 0 Å². The summed E-state index contributed by atoms with van der Waals surface area (Å²) in [7, 11) is 0. The topological polar surface area (TPSA) is 52.2 Å². The number of ketones is 2. The summed E-state index contributed by atoms with van der Waals surface area (Å²) < 4.78 is 7.57. The lowest BCUT2D eigenvalue weighted by molar-refractivity contribution is -0.119. The molecule has 4 heteroatoms. The van der Waals surface area contributed by atoms with E-state index in [9.17, 15) is 9.59 Å². The molecule has 0 bridgehead atoms. The lowest BCUT2D eigenvalue weighted by Crippen LogP contribution is -2.13. The monoisotopic (exact) mass is 427 g/mol. The van der Waals surface area contributed by atoms with Crippen LogP contribution < -0.4 is 0 Å². The number of carbonyl (C=O) groups excluding carboxylic acids is 2. The Morgan fingerprint density at radius 1 is 0.969 bits per heavy atom. The molecule has 1 aliphatic carbocycles. The van der Waals surface area contributed by atoms with Gasteiger partial charge in [-0.15, -0.1) is 0 Å². The van der Waals surface area contributed by atoms with Crippen molar-refractivity contribution in [2.45, 2.75) is 58.4 Å². The number of aryl methyl sites for hydroxylation is 1. The Morgan fingerprint density at radius 2 is 1.72 bits per heavy atom. The molecule has 0 spiro atoms. The molecule has 32 heavy (non-hydrogen) atoms. The Labute approximate surface area is 188 Å². The summed E-state index contributed by atoms with van der Waals surface area (Å²) in [6, 6.07) is 15.6. The summed E-state index contributed by atoms with van der Waals surface area (Å²) in [5.41, 5.74) is 3.90. The second kappa shape index (κ2) is 8.78.